The number of nitrogens with zero attached hydrogens (tertiary/aromatic N) is 1. The van der Waals surface area contributed by atoms with Gasteiger partial charge in [0.2, 0.25) is 5.91 Å². The molecule has 0 fully saturated rings. The van der Waals surface area contributed by atoms with Crippen molar-refractivity contribution >= 4 is 11.6 Å². The molecule has 1 aromatic rings. The average Bonchev–Trinajstić information content (AvgIpc) is 2.42. The molecule has 0 bridgehead atoms. The van der Waals surface area contributed by atoms with Crippen molar-refractivity contribution in [2.24, 2.45) is 5.41 Å². The lowest BCUT2D eigenvalue weighted by Crippen LogP contribution is -2.40. The first-order valence-corrected chi connectivity index (χ1v) is 7.65. The Kier molecular flexibility index (Phi) is 6.94. The van der Waals surface area contributed by atoms with Crippen molar-refractivity contribution in [1.29, 1.82) is 0 Å². The van der Waals surface area contributed by atoms with Crippen LogP contribution >= 0.6 is 0 Å². The summed E-state index contributed by atoms with van der Waals surface area (Å²) in [5.41, 5.74) is -0.533. The lowest BCUT2D eigenvalue weighted by atomic mass is 9.94. The molecule has 0 saturated carbocycles. The fourth-order valence-corrected chi connectivity index (χ4v) is 2.17. The van der Waals surface area contributed by atoms with E-state index in [1.54, 1.807) is 20.8 Å². The summed E-state index contributed by atoms with van der Waals surface area (Å²) in [5, 5.41) is 8.76. The second kappa shape index (κ2) is 8.22. The van der Waals surface area contributed by atoms with Crippen molar-refractivity contribution in [3.05, 3.63) is 29.8 Å². The van der Waals surface area contributed by atoms with Gasteiger partial charge in [0.05, 0.1) is 5.69 Å². The van der Waals surface area contributed by atoms with Crippen LogP contribution in [-0.4, -0.2) is 24.2 Å². The molecule has 0 spiro atoms. The van der Waals surface area contributed by atoms with Gasteiger partial charge in [-0.25, -0.2) is 8.78 Å². The zero-order chi connectivity index (χ0) is 16.8. The topological polar surface area (TPSA) is 40.5 Å². The van der Waals surface area contributed by atoms with Gasteiger partial charge in [0.15, 0.2) is 0 Å². The highest BCUT2D eigenvalue weighted by molar-refractivity contribution is 5.97. The van der Waals surface area contributed by atoms with Crippen LogP contribution in [0.4, 0.5) is 14.5 Å². The van der Waals surface area contributed by atoms with Crippen LogP contribution in [0.25, 0.3) is 0 Å². The summed E-state index contributed by atoms with van der Waals surface area (Å²) in [5.74, 6) is -1.58. The largest absolute Gasteiger partial charge is 0.396 e. The minimum absolute atomic E-state index is 0.114. The molecule has 1 N–H and O–H groups in total. The van der Waals surface area contributed by atoms with Crippen LogP contribution in [0.5, 0.6) is 0 Å². The Morgan fingerprint density at radius 1 is 1.14 bits per heavy atom. The number of aliphatic hydroxyl groups is 1. The van der Waals surface area contributed by atoms with Gasteiger partial charge in [-0.15, -0.1) is 0 Å². The van der Waals surface area contributed by atoms with Crippen molar-refractivity contribution in [1.82, 2.24) is 0 Å². The average molecular weight is 313 g/mol. The molecule has 0 unspecified atom stereocenters. The Labute approximate surface area is 130 Å². The first-order chi connectivity index (χ1) is 10.3. The molecule has 3 nitrogen and oxygen atoms in total. The quantitative estimate of drug-likeness (QED) is 0.776. The van der Waals surface area contributed by atoms with Gasteiger partial charge < -0.3 is 10.0 Å². The number of hydrogen-bond donors (Lipinski definition) is 1. The minimum Gasteiger partial charge on any atom is -0.396 e. The predicted octanol–water partition coefficient (Wildman–Crippen LogP) is 3.90. The van der Waals surface area contributed by atoms with E-state index in [0.717, 1.165) is 31.4 Å². The zero-order valence-electron chi connectivity index (χ0n) is 13.5. The molecule has 1 rings (SSSR count). The predicted molar refractivity (Wildman–Crippen MR) is 83.7 cm³/mol. The lowest BCUT2D eigenvalue weighted by Gasteiger charge is -2.30. The Morgan fingerprint density at radius 2 is 1.77 bits per heavy atom. The molecule has 1 aromatic carbocycles. The summed E-state index contributed by atoms with van der Waals surface area (Å²) in [4.78, 5) is 13.9. The van der Waals surface area contributed by atoms with Gasteiger partial charge in [-0.1, -0.05) is 33.6 Å². The number of carbonyl (C=O) groups excluding carboxylic acids is 1. The normalized spacial score (nSPS) is 11.5. The highest BCUT2D eigenvalue weighted by Gasteiger charge is 2.29. The molecule has 1 amide bonds. The summed E-state index contributed by atoms with van der Waals surface area (Å²) in [6, 6.07) is 3.26. The second-order valence-electron chi connectivity index (χ2n) is 6.44. The van der Waals surface area contributed by atoms with E-state index in [1.165, 1.54) is 11.0 Å². The number of rotatable bonds is 7. The molecule has 0 saturated heterocycles. The van der Waals surface area contributed by atoms with Crippen LogP contribution in [0, 0.1) is 17.0 Å². The van der Waals surface area contributed by atoms with Crippen LogP contribution in [0.15, 0.2) is 18.2 Å². The van der Waals surface area contributed by atoms with E-state index < -0.39 is 17.0 Å². The number of carbonyl (C=O) groups is 1. The molecule has 0 aliphatic heterocycles. The zero-order valence-corrected chi connectivity index (χ0v) is 13.5. The number of halogens is 2. The van der Waals surface area contributed by atoms with Gasteiger partial charge in [-0.3, -0.25) is 4.79 Å². The van der Waals surface area contributed by atoms with Crippen molar-refractivity contribution in [2.45, 2.75) is 46.5 Å². The van der Waals surface area contributed by atoms with Gasteiger partial charge in [-0.2, -0.15) is 0 Å². The Bertz CT molecular complexity index is 498. The monoisotopic (exact) mass is 313 g/mol. The minimum atomic E-state index is -0.729. The second-order valence-corrected chi connectivity index (χ2v) is 6.44. The van der Waals surface area contributed by atoms with Crippen molar-refractivity contribution < 1.29 is 18.7 Å². The van der Waals surface area contributed by atoms with E-state index >= 15 is 0 Å². The third-order valence-corrected chi connectivity index (χ3v) is 3.38. The molecule has 0 aromatic heterocycles. The fourth-order valence-electron chi connectivity index (χ4n) is 2.17. The Morgan fingerprint density at radius 3 is 2.32 bits per heavy atom. The van der Waals surface area contributed by atoms with E-state index in [1.807, 2.05) is 0 Å². The number of hydrogen-bond acceptors (Lipinski definition) is 2. The maximum atomic E-state index is 14.0. The third kappa shape index (κ3) is 5.37. The Hall–Kier alpha value is -1.49. The maximum Gasteiger partial charge on any atom is 0.232 e. The van der Waals surface area contributed by atoms with E-state index in [0.29, 0.717) is 13.0 Å². The van der Waals surface area contributed by atoms with Crippen molar-refractivity contribution in [3.8, 4) is 0 Å². The highest BCUT2D eigenvalue weighted by Crippen LogP contribution is 2.26. The number of anilines is 1. The third-order valence-electron chi connectivity index (χ3n) is 3.38. The first-order valence-electron chi connectivity index (χ1n) is 7.65. The fraction of sp³-hybridized carbons (Fsp3) is 0.588. The van der Waals surface area contributed by atoms with E-state index in [2.05, 4.69) is 0 Å². The Balaban J connectivity index is 2.89. The molecule has 0 heterocycles. The van der Waals surface area contributed by atoms with Gasteiger partial charge in [-0.05, 0) is 25.0 Å². The van der Waals surface area contributed by atoms with Crippen LogP contribution in [0.2, 0.25) is 0 Å². The molecule has 124 valence electrons. The molecule has 5 heteroatoms. The molecule has 22 heavy (non-hydrogen) atoms. The molecule has 0 atom stereocenters. The van der Waals surface area contributed by atoms with E-state index in [4.69, 9.17) is 5.11 Å². The summed E-state index contributed by atoms with van der Waals surface area (Å²) in [6.45, 7) is 5.85. The van der Waals surface area contributed by atoms with Crippen LogP contribution < -0.4 is 4.90 Å². The van der Waals surface area contributed by atoms with E-state index in [-0.39, 0.29) is 18.2 Å². The van der Waals surface area contributed by atoms with Gasteiger partial charge in [0, 0.05) is 24.6 Å². The van der Waals surface area contributed by atoms with Crippen LogP contribution in [-0.2, 0) is 4.79 Å². The van der Waals surface area contributed by atoms with Crippen molar-refractivity contribution in [2.75, 3.05) is 18.1 Å². The number of unbranched alkanes of at least 4 members (excludes halogenated alkanes) is 3. The van der Waals surface area contributed by atoms with Crippen molar-refractivity contribution in [3.63, 3.8) is 0 Å². The van der Waals surface area contributed by atoms with Gasteiger partial charge in [0.1, 0.15) is 11.6 Å². The van der Waals surface area contributed by atoms with Gasteiger partial charge in [0.25, 0.3) is 0 Å². The molecule has 0 aliphatic carbocycles. The maximum absolute atomic E-state index is 14.0. The van der Waals surface area contributed by atoms with Gasteiger partial charge >= 0.3 is 0 Å². The highest BCUT2D eigenvalue weighted by atomic mass is 19.1. The van der Waals surface area contributed by atoms with Crippen LogP contribution in [0.1, 0.15) is 46.5 Å². The van der Waals surface area contributed by atoms with E-state index in [9.17, 15) is 13.6 Å². The molecular weight excluding hydrogens is 288 g/mol. The smallest absolute Gasteiger partial charge is 0.232 e. The number of amides is 1. The number of aliphatic hydroxyl groups excluding tert-OH is 1. The SMILES string of the molecule is CC(C)(C)C(=O)N(CCCCCCO)c1ccc(F)cc1F. The first kappa shape index (κ1) is 18.6. The summed E-state index contributed by atoms with van der Waals surface area (Å²) in [7, 11) is 0. The standard InChI is InChI=1S/C17H25F2NO2/c1-17(2,3)16(22)20(10-6-4-5-7-11-21)15-9-8-13(18)12-14(15)19/h8-9,12,21H,4-7,10-11H2,1-3H3. The molecule has 0 radical (unpaired) electrons. The molecular formula is C17H25F2NO2. The lowest BCUT2D eigenvalue weighted by molar-refractivity contribution is -0.125. The molecule has 0 aliphatic rings. The van der Waals surface area contributed by atoms with Crippen LogP contribution in [0.3, 0.4) is 0 Å². The number of benzene rings is 1. The summed E-state index contributed by atoms with van der Waals surface area (Å²) in [6.07, 6.45) is 3.13. The summed E-state index contributed by atoms with van der Waals surface area (Å²) >= 11 is 0. The summed E-state index contributed by atoms with van der Waals surface area (Å²) < 4.78 is 27.1.